The van der Waals surface area contributed by atoms with E-state index in [0.29, 0.717) is 91.5 Å². The monoisotopic (exact) mass is 1750 g/mol. The van der Waals surface area contributed by atoms with Crippen LogP contribution in [0.4, 0.5) is 22.7 Å². The van der Waals surface area contributed by atoms with Crippen LogP contribution < -0.4 is 51.0 Å². The van der Waals surface area contributed by atoms with Crippen LogP contribution >= 0.6 is 57.1 Å². The summed E-state index contributed by atoms with van der Waals surface area (Å²) in [6, 6.07) is 51.7. The Hall–Kier alpha value is -9.35. The number of rotatable bonds is 26. The van der Waals surface area contributed by atoms with Gasteiger partial charge in [0.2, 0.25) is 39.1 Å². The normalized spacial score (nSPS) is 10.6. The molecule has 616 valence electrons. The third kappa shape index (κ3) is 43.8. The van der Waals surface area contributed by atoms with Gasteiger partial charge in [0.25, 0.3) is 11.4 Å². The van der Waals surface area contributed by atoms with Crippen molar-refractivity contribution in [3.8, 4) is 39.8 Å². The maximum Gasteiger partial charge on any atom is 0.492 e. The Morgan fingerprint density at radius 2 is 0.728 bits per heavy atom. The van der Waals surface area contributed by atoms with Crippen LogP contribution in [0.1, 0.15) is 75.6 Å². The van der Waals surface area contributed by atoms with Crippen LogP contribution in [0.2, 0.25) is 20.6 Å². The number of halogens is 5. The lowest BCUT2D eigenvalue weighted by Gasteiger charge is -2.06. The van der Waals surface area contributed by atoms with Gasteiger partial charge in [-0.1, -0.05) is 165 Å². The smallest absolute Gasteiger partial charge is 0.492 e. The third-order valence-electron chi connectivity index (χ3n) is 13.6. The molecule has 3 aromatic heterocycles. The molecule has 0 fully saturated rings. The molecular formula is C73H90BCl5N14O17S4. The van der Waals surface area contributed by atoms with Gasteiger partial charge in [0.05, 0.1) is 65.6 Å². The summed E-state index contributed by atoms with van der Waals surface area (Å²) in [5.41, 5.74) is 22.9. The number of anilines is 2. The summed E-state index contributed by atoms with van der Waals surface area (Å²) in [6.07, 6.45) is 7.55. The van der Waals surface area contributed by atoms with E-state index in [2.05, 4.69) is 51.0 Å². The molecule has 0 atom stereocenters. The predicted molar refractivity (Wildman–Crippen MR) is 451 cm³/mol. The summed E-state index contributed by atoms with van der Waals surface area (Å²) in [4.78, 5) is 42.9. The van der Waals surface area contributed by atoms with E-state index in [1.165, 1.54) is 74.6 Å². The van der Waals surface area contributed by atoms with E-state index in [-0.39, 0.29) is 28.6 Å². The summed E-state index contributed by atoms with van der Waals surface area (Å²) in [5.74, 6) is 1.35. The van der Waals surface area contributed by atoms with Gasteiger partial charge in [-0.15, -0.1) is 0 Å². The van der Waals surface area contributed by atoms with Crippen molar-refractivity contribution < 1.29 is 67.8 Å². The zero-order valence-electron chi connectivity index (χ0n) is 63.0. The summed E-state index contributed by atoms with van der Waals surface area (Å²) < 4.78 is 113. The molecule has 0 aliphatic heterocycles. The second kappa shape index (κ2) is 54.4. The minimum atomic E-state index is -3.67. The summed E-state index contributed by atoms with van der Waals surface area (Å²) in [5, 5.41) is 40.1. The van der Waals surface area contributed by atoms with Crippen molar-refractivity contribution in [2.75, 3.05) is 59.0 Å². The van der Waals surface area contributed by atoms with Crippen LogP contribution in [0.3, 0.4) is 0 Å². The average molecular weight is 1750 g/mol. The fourth-order valence-corrected chi connectivity index (χ4v) is 13.8. The van der Waals surface area contributed by atoms with Gasteiger partial charge in [0.15, 0.2) is 0 Å². The number of nitrogens with one attached hydrogen (secondary N) is 3. The molecule has 10 aromatic rings. The van der Waals surface area contributed by atoms with Crippen LogP contribution in [-0.2, 0) is 62.1 Å². The van der Waals surface area contributed by atoms with E-state index in [1.807, 2.05) is 69.3 Å². The number of para-hydroxylation sites is 3. The number of nitro benzene ring substituents is 2. The lowest BCUT2D eigenvalue weighted by Crippen LogP contribution is -2.30. The molecule has 0 saturated heterocycles. The molecule has 0 bridgehead atoms. The van der Waals surface area contributed by atoms with E-state index in [0.717, 1.165) is 59.8 Å². The quantitative estimate of drug-likeness (QED) is 0.00623. The number of nitrogens with two attached hydrogens (primary N) is 3. The summed E-state index contributed by atoms with van der Waals surface area (Å²) in [6.45, 7) is 9.90. The van der Waals surface area contributed by atoms with Crippen molar-refractivity contribution in [2.24, 2.45) is 5.73 Å². The van der Waals surface area contributed by atoms with E-state index in [9.17, 15) is 53.9 Å². The third-order valence-corrected chi connectivity index (χ3v) is 19.5. The maximum atomic E-state index is 11.6. The van der Waals surface area contributed by atoms with Crippen LogP contribution in [0.25, 0.3) is 22.5 Å². The van der Waals surface area contributed by atoms with Crippen LogP contribution in [0.5, 0.6) is 17.2 Å². The number of hydrogen-bond donors (Lipinski definition) is 8. The molecule has 114 heavy (non-hydrogen) atoms. The maximum absolute atomic E-state index is 11.6. The number of hydrogen-bond acceptors (Lipinski definition) is 26. The van der Waals surface area contributed by atoms with Crippen LogP contribution in [0, 0.1) is 20.2 Å². The molecule has 7 aromatic carbocycles. The average Bonchev–Trinajstić information content (AvgIpc) is 0.684. The second-order valence-electron chi connectivity index (χ2n) is 22.9. The highest BCUT2D eigenvalue weighted by atomic mass is 35.7. The van der Waals surface area contributed by atoms with Crippen molar-refractivity contribution >= 4 is 132 Å². The number of sulfonamides is 3. The number of nitrogens with zero attached hydrogens (tertiary/aromatic N) is 8. The molecule has 31 nitrogen and oxygen atoms in total. The number of non-ortho nitro benzene ring substituents is 2. The van der Waals surface area contributed by atoms with Gasteiger partial charge in [-0.2, -0.15) is 0 Å². The van der Waals surface area contributed by atoms with Crippen molar-refractivity contribution in [1.29, 1.82) is 0 Å². The highest BCUT2D eigenvalue weighted by Gasteiger charge is 2.18. The molecule has 0 aliphatic carbocycles. The molecule has 0 amide bonds. The molecule has 3 heterocycles. The SMILES string of the molecule is CCCN.CCCNS(=O)(=O)Cc1cccc(N)c1.CCCNS(=O)(=O)Cc1cccc(N)c1.CCCNS(=O)(=O)Cc1cccc([N+](=O)[O-])c1.COc1ccccc1-c1cc(Cl)ncn1.COc1ccccc1-c1cc(Cl)ncn1.COc1ccccc1B(O)O.Clc1cc(Cl)ncn1.O=[N+]([O-])c1cccc(CS(=O)(=O)Cl)c1. The number of aromatic nitrogens is 6. The molecule has 10 rings (SSSR count). The first-order chi connectivity index (χ1) is 54.0. The van der Waals surface area contributed by atoms with Crippen LogP contribution in [-0.4, -0.2) is 138 Å². The number of nitro groups is 2. The Kier molecular flexibility index (Phi) is 48.1. The molecule has 0 radical (unpaired) electrons. The topological polar surface area (TPSA) is 482 Å². The van der Waals surface area contributed by atoms with E-state index in [4.69, 9.17) is 98.5 Å². The first kappa shape index (κ1) is 101. The number of ether oxygens (including phenoxy) is 3. The van der Waals surface area contributed by atoms with Gasteiger partial charge in [-0.3, -0.25) is 20.2 Å². The largest absolute Gasteiger partial charge is 0.497 e. The molecule has 0 aliphatic rings. The van der Waals surface area contributed by atoms with Crippen molar-refractivity contribution in [3.05, 3.63) is 270 Å². The number of methoxy groups -OCH3 is 3. The van der Waals surface area contributed by atoms with Gasteiger partial charge < -0.3 is 41.5 Å². The van der Waals surface area contributed by atoms with Gasteiger partial charge in [-0.25, -0.2) is 77.7 Å². The predicted octanol–water partition coefficient (Wildman–Crippen LogP) is 12.4. The molecular weight excluding hydrogens is 1660 g/mol. The highest BCUT2D eigenvalue weighted by Crippen LogP contribution is 2.30. The Bertz CT molecular complexity index is 4860. The number of benzene rings is 7. The van der Waals surface area contributed by atoms with Crippen molar-refractivity contribution in [1.82, 2.24) is 44.1 Å². The van der Waals surface area contributed by atoms with Crippen molar-refractivity contribution in [2.45, 2.75) is 76.4 Å². The Morgan fingerprint density at radius 1 is 0.421 bits per heavy atom. The lowest BCUT2D eigenvalue weighted by molar-refractivity contribution is -0.385. The second-order valence-corrected chi connectivity index (χ2v) is 32.7. The van der Waals surface area contributed by atoms with Gasteiger partial charge >= 0.3 is 7.12 Å². The Labute approximate surface area is 689 Å². The first-order valence-corrected chi connectivity index (χ1v) is 43.0. The minimum Gasteiger partial charge on any atom is -0.497 e. The molecule has 0 saturated carbocycles. The Balaban J connectivity index is 0.000000441. The van der Waals surface area contributed by atoms with E-state index in [1.54, 1.807) is 105 Å². The Morgan fingerprint density at radius 3 is 1.01 bits per heavy atom. The lowest BCUT2D eigenvalue weighted by atomic mass is 9.80. The zero-order valence-corrected chi connectivity index (χ0v) is 70.1. The minimum absolute atomic E-state index is 0.0158. The summed E-state index contributed by atoms with van der Waals surface area (Å²) in [7, 11) is -5.24. The molecule has 0 unspecified atom stereocenters. The van der Waals surface area contributed by atoms with E-state index >= 15 is 0 Å². The molecule has 0 spiro atoms. The fourth-order valence-electron chi connectivity index (χ4n) is 8.53. The number of nitrogen functional groups attached to an aromatic ring is 2. The van der Waals surface area contributed by atoms with Gasteiger partial charge in [0.1, 0.15) is 56.8 Å². The van der Waals surface area contributed by atoms with Crippen molar-refractivity contribution in [3.63, 3.8) is 0 Å². The highest BCUT2D eigenvalue weighted by molar-refractivity contribution is 8.13. The van der Waals surface area contributed by atoms with E-state index < -0.39 is 61.8 Å². The standard InChI is InChI=1S/2C11H9ClN2O.C10H14N2O4S.2C10H16N2O2S.C7H9BO3.C7H6ClNO4S.C4H2Cl2N2.C3H9N/c2*1-15-10-5-3-2-4-8(10)9-6-11(12)14-7-13-9;1-2-6-11-17(15,16)8-9-4-3-5-10(7-9)12(13)14;2*1-2-6-12-15(13,14)8-9-4-3-5-10(11)7-9;1-11-7-5-3-2-4-6(7)8(9)10;8-14(12,13)5-6-2-1-3-7(4-6)9(10)11;5-3-1-4(6)8-2-7-3;1-2-3-4/h2*2-7H,1H3;3-5,7,11H,2,6,8H2,1H3;2*3-5,7,12H,2,6,8,11H2,1H3;2-5,9-10H,1H3;1-4H,5H2;1-2H;2-4H2,1H3. The zero-order chi connectivity index (χ0) is 85.3. The summed E-state index contributed by atoms with van der Waals surface area (Å²) >= 11 is 22.4. The first-order valence-electron chi connectivity index (χ1n) is 34.0. The molecule has 41 heteroatoms. The van der Waals surface area contributed by atoms with Gasteiger partial charge in [-0.05, 0) is 109 Å². The van der Waals surface area contributed by atoms with Gasteiger partial charge in [0, 0.05) is 101 Å². The van der Waals surface area contributed by atoms with Crippen LogP contribution in [0.15, 0.2) is 207 Å². The fraction of sp³-hybridized carbons (Fsp3) is 0.260. The molecule has 11 N–H and O–H groups in total.